The summed E-state index contributed by atoms with van der Waals surface area (Å²) in [6.07, 6.45) is 4.19. The van der Waals surface area contributed by atoms with Crippen LogP contribution in [-0.2, 0) is 0 Å². The van der Waals surface area contributed by atoms with E-state index >= 15 is 0 Å². The second kappa shape index (κ2) is 3.83. The minimum atomic E-state index is 0.142. The molecule has 0 bridgehead atoms. The van der Waals surface area contributed by atoms with Gasteiger partial charge in [-0.05, 0) is 26.7 Å². The molecule has 0 atom stereocenters. The lowest BCUT2D eigenvalue weighted by Crippen LogP contribution is -2.38. The van der Waals surface area contributed by atoms with E-state index < -0.39 is 0 Å². The molecule has 96 valence electrons. The minimum absolute atomic E-state index is 0.142. The third-order valence-corrected chi connectivity index (χ3v) is 3.67. The van der Waals surface area contributed by atoms with Crippen LogP contribution in [0, 0.1) is 0 Å². The van der Waals surface area contributed by atoms with Crippen molar-refractivity contribution in [3.8, 4) is 0 Å². The Hall–Kier alpha value is -1.85. The van der Waals surface area contributed by atoms with E-state index in [1.807, 2.05) is 7.05 Å². The number of nitrogens with zero attached hydrogens (tertiary/aromatic N) is 4. The zero-order valence-electron chi connectivity index (χ0n) is 11.0. The summed E-state index contributed by atoms with van der Waals surface area (Å²) in [6.45, 7) is 5.55. The van der Waals surface area contributed by atoms with Gasteiger partial charge in [-0.3, -0.25) is 5.10 Å². The largest absolute Gasteiger partial charge is 0.357 e. The number of fused-ring (bicyclic) bond motifs is 1. The standard InChI is InChI=1S/C12H18N6/c1-12(2)5-4-6-18(12)10-8-7-14-17-9(8)15-11(13-3)16-10/h7H,4-6H2,1-3H3,(H2,13,14,15,16,17). The fraction of sp³-hybridized carbons (Fsp3) is 0.583. The van der Waals surface area contributed by atoms with E-state index in [0.717, 1.165) is 23.4 Å². The molecule has 0 amide bonds. The van der Waals surface area contributed by atoms with Crippen LogP contribution in [0.15, 0.2) is 6.20 Å². The normalized spacial score (nSPS) is 18.5. The fourth-order valence-corrected chi connectivity index (χ4v) is 2.64. The Bertz CT molecular complexity index is 573. The van der Waals surface area contributed by atoms with Gasteiger partial charge in [0.05, 0.1) is 11.6 Å². The number of nitrogens with one attached hydrogen (secondary N) is 2. The Kier molecular flexibility index (Phi) is 2.39. The number of hydrogen-bond donors (Lipinski definition) is 2. The van der Waals surface area contributed by atoms with Crippen LogP contribution in [0.2, 0.25) is 0 Å². The molecule has 1 aliphatic heterocycles. The Balaban J connectivity index is 2.18. The van der Waals surface area contributed by atoms with Crippen LogP contribution in [0.25, 0.3) is 11.0 Å². The maximum absolute atomic E-state index is 4.61. The second-order valence-corrected chi connectivity index (χ2v) is 5.32. The van der Waals surface area contributed by atoms with Crippen molar-refractivity contribution in [1.29, 1.82) is 0 Å². The third-order valence-electron chi connectivity index (χ3n) is 3.67. The summed E-state index contributed by atoms with van der Waals surface area (Å²) < 4.78 is 0. The summed E-state index contributed by atoms with van der Waals surface area (Å²) in [4.78, 5) is 11.3. The van der Waals surface area contributed by atoms with Crippen LogP contribution in [0.4, 0.5) is 11.8 Å². The molecule has 1 aliphatic rings. The van der Waals surface area contributed by atoms with Crippen molar-refractivity contribution in [2.75, 3.05) is 23.8 Å². The Morgan fingerprint density at radius 1 is 1.39 bits per heavy atom. The molecule has 0 aliphatic carbocycles. The molecule has 0 saturated carbocycles. The number of anilines is 2. The predicted molar refractivity (Wildman–Crippen MR) is 71.9 cm³/mol. The summed E-state index contributed by atoms with van der Waals surface area (Å²) in [5, 5.41) is 11.0. The number of hydrogen-bond acceptors (Lipinski definition) is 5. The summed E-state index contributed by atoms with van der Waals surface area (Å²) >= 11 is 0. The minimum Gasteiger partial charge on any atom is -0.357 e. The monoisotopic (exact) mass is 246 g/mol. The molecule has 0 spiro atoms. The van der Waals surface area contributed by atoms with Gasteiger partial charge in [-0.2, -0.15) is 15.1 Å². The molecule has 2 aromatic heterocycles. The van der Waals surface area contributed by atoms with Crippen molar-refractivity contribution >= 4 is 22.8 Å². The molecule has 2 N–H and O–H groups in total. The first-order valence-electron chi connectivity index (χ1n) is 6.28. The highest BCUT2D eigenvalue weighted by Crippen LogP contribution is 2.35. The Morgan fingerprint density at radius 2 is 2.22 bits per heavy atom. The number of aromatic nitrogens is 4. The maximum atomic E-state index is 4.61. The molecule has 1 fully saturated rings. The van der Waals surface area contributed by atoms with Gasteiger partial charge in [0.25, 0.3) is 0 Å². The van der Waals surface area contributed by atoms with Gasteiger partial charge in [-0.15, -0.1) is 0 Å². The van der Waals surface area contributed by atoms with Crippen molar-refractivity contribution in [2.45, 2.75) is 32.2 Å². The van der Waals surface area contributed by atoms with E-state index in [4.69, 9.17) is 0 Å². The van der Waals surface area contributed by atoms with E-state index in [0.29, 0.717) is 5.95 Å². The van der Waals surface area contributed by atoms with Crippen LogP contribution >= 0.6 is 0 Å². The summed E-state index contributed by atoms with van der Waals surface area (Å²) in [5.41, 5.74) is 0.927. The average molecular weight is 246 g/mol. The van der Waals surface area contributed by atoms with Gasteiger partial charge in [0, 0.05) is 19.1 Å². The van der Waals surface area contributed by atoms with Gasteiger partial charge in [0.15, 0.2) is 5.65 Å². The van der Waals surface area contributed by atoms with E-state index in [-0.39, 0.29) is 5.54 Å². The molecule has 3 heterocycles. The van der Waals surface area contributed by atoms with E-state index in [9.17, 15) is 0 Å². The molecule has 1 saturated heterocycles. The van der Waals surface area contributed by atoms with Crippen molar-refractivity contribution in [3.63, 3.8) is 0 Å². The highest BCUT2D eigenvalue weighted by Gasteiger charge is 2.34. The number of aromatic amines is 1. The quantitative estimate of drug-likeness (QED) is 0.845. The fourth-order valence-electron chi connectivity index (χ4n) is 2.64. The zero-order valence-corrected chi connectivity index (χ0v) is 11.0. The molecule has 18 heavy (non-hydrogen) atoms. The Morgan fingerprint density at radius 3 is 2.89 bits per heavy atom. The van der Waals surface area contributed by atoms with E-state index in [1.54, 1.807) is 6.20 Å². The van der Waals surface area contributed by atoms with Crippen molar-refractivity contribution in [3.05, 3.63) is 6.20 Å². The molecule has 6 heteroatoms. The predicted octanol–water partition coefficient (Wildman–Crippen LogP) is 1.77. The second-order valence-electron chi connectivity index (χ2n) is 5.32. The lowest BCUT2D eigenvalue weighted by molar-refractivity contribution is 0.515. The summed E-state index contributed by atoms with van der Waals surface area (Å²) in [7, 11) is 1.83. The molecular formula is C12H18N6. The van der Waals surface area contributed by atoms with Gasteiger partial charge < -0.3 is 10.2 Å². The highest BCUT2D eigenvalue weighted by atomic mass is 15.3. The van der Waals surface area contributed by atoms with Gasteiger partial charge in [0.1, 0.15) is 5.82 Å². The summed E-state index contributed by atoms with van der Waals surface area (Å²) in [5.74, 6) is 1.60. The molecule has 0 unspecified atom stereocenters. The van der Waals surface area contributed by atoms with Crippen molar-refractivity contribution in [2.24, 2.45) is 0 Å². The third kappa shape index (κ3) is 1.60. The smallest absolute Gasteiger partial charge is 0.226 e. The maximum Gasteiger partial charge on any atom is 0.226 e. The number of rotatable bonds is 2. The van der Waals surface area contributed by atoms with Crippen molar-refractivity contribution < 1.29 is 0 Å². The van der Waals surface area contributed by atoms with Crippen molar-refractivity contribution in [1.82, 2.24) is 20.2 Å². The SMILES string of the molecule is CNc1nc(N2CCCC2(C)C)c2cn[nH]c2n1. The first-order valence-corrected chi connectivity index (χ1v) is 6.28. The van der Waals surface area contributed by atoms with Crippen LogP contribution in [0.3, 0.4) is 0 Å². The molecule has 0 aromatic carbocycles. The Labute approximate surface area is 106 Å². The van der Waals surface area contributed by atoms with Gasteiger partial charge >= 0.3 is 0 Å². The lowest BCUT2D eigenvalue weighted by atomic mass is 10.0. The first-order chi connectivity index (χ1) is 8.62. The molecule has 3 rings (SSSR count). The first kappa shape index (κ1) is 11.3. The van der Waals surface area contributed by atoms with Crippen LogP contribution in [0.1, 0.15) is 26.7 Å². The number of H-pyrrole nitrogens is 1. The zero-order chi connectivity index (χ0) is 12.8. The van der Waals surface area contributed by atoms with Crippen LogP contribution in [-0.4, -0.2) is 39.3 Å². The lowest BCUT2D eigenvalue weighted by Gasteiger charge is -2.33. The topological polar surface area (TPSA) is 69.7 Å². The average Bonchev–Trinajstić information content (AvgIpc) is 2.93. The molecule has 0 radical (unpaired) electrons. The highest BCUT2D eigenvalue weighted by molar-refractivity contribution is 5.88. The van der Waals surface area contributed by atoms with Crippen LogP contribution in [0.5, 0.6) is 0 Å². The van der Waals surface area contributed by atoms with Gasteiger partial charge in [0.2, 0.25) is 5.95 Å². The van der Waals surface area contributed by atoms with Gasteiger partial charge in [-0.25, -0.2) is 0 Å². The molecule has 2 aromatic rings. The molecule has 6 nitrogen and oxygen atoms in total. The van der Waals surface area contributed by atoms with E-state index in [1.165, 1.54) is 12.8 Å². The molecular weight excluding hydrogens is 228 g/mol. The van der Waals surface area contributed by atoms with Crippen LogP contribution < -0.4 is 10.2 Å². The van der Waals surface area contributed by atoms with E-state index in [2.05, 4.69) is 44.2 Å². The summed E-state index contributed by atoms with van der Waals surface area (Å²) in [6, 6.07) is 0. The van der Waals surface area contributed by atoms with Gasteiger partial charge in [-0.1, -0.05) is 0 Å².